The molecule has 0 aromatic rings. The lowest BCUT2D eigenvalue weighted by Crippen LogP contribution is -1.88. The van der Waals surface area contributed by atoms with E-state index in [-0.39, 0.29) is 0 Å². The molecule has 0 bridgehead atoms. The number of halogens is 1. The van der Waals surface area contributed by atoms with Gasteiger partial charge in [0.25, 0.3) is 0 Å². The Balaban J connectivity index is 3.39. The van der Waals surface area contributed by atoms with Gasteiger partial charge in [0.15, 0.2) is 0 Å². The van der Waals surface area contributed by atoms with Crippen molar-refractivity contribution in [3.8, 4) is 0 Å². The van der Waals surface area contributed by atoms with Gasteiger partial charge in [-0.25, -0.2) is 5.26 Å². The van der Waals surface area contributed by atoms with Crippen LogP contribution in [0.25, 0.3) is 0 Å². The quantitative estimate of drug-likeness (QED) is 0.226. The van der Waals surface area contributed by atoms with Crippen molar-refractivity contribution in [1.29, 1.82) is 0 Å². The average molecular weight is 416 g/mol. The van der Waals surface area contributed by atoms with Gasteiger partial charge in [0.1, 0.15) is 6.46 Å². The molecule has 11 heavy (non-hydrogen) atoms. The van der Waals surface area contributed by atoms with E-state index in [4.69, 9.17) is 27.6 Å². The molecule has 0 radical (unpaired) electrons. The molecular formula is HIO2S8. The van der Waals surface area contributed by atoms with Gasteiger partial charge in [0.2, 0.25) is 0 Å². The lowest BCUT2D eigenvalue weighted by atomic mass is 15.0. The Morgan fingerprint density at radius 3 is 2.36 bits per heavy atom. The molecular weight excluding hydrogens is 415 g/mol. The zero-order valence-corrected chi connectivity index (χ0v) is 13.2. The van der Waals surface area contributed by atoms with Crippen molar-refractivity contribution in [2.45, 2.75) is 0 Å². The van der Waals surface area contributed by atoms with Crippen molar-refractivity contribution < 1.29 is 9.59 Å². The van der Waals surface area contributed by atoms with Crippen LogP contribution in [0.3, 0.4) is 0 Å². The summed E-state index contributed by atoms with van der Waals surface area (Å²) in [6.45, 7) is -2.14. The molecule has 0 aromatic carbocycles. The zero-order chi connectivity index (χ0) is 8.74. The van der Waals surface area contributed by atoms with Crippen LogP contribution >= 0.6 is 68.5 Å². The van der Waals surface area contributed by atoms with Crippen molar-refractivity contribution in [2.75, 3.05) is 0 Å². The number of hydrogen-bond acceptors (Lipinski definition) is 9. The Morgan fingerprint density at radius 1 is 1.27 bits per heavy atom. The van der Waals surface area contributed by atoms with E-state index in [0.717, 1.165) is 0 Å². The molecule has 0 heterocycles. The summed E-state index contributed by atoms with van der Waals surface area (Å²) in [5.74, 6) is 0. The Hall–Kier alpha value is 3.19. The monoisotopic (exact) mass is 416 g/mol. The standard InChI is InChI=1S/HIO2S8/c1-6-7-8-9-10-11(4,5)3-2/h2H. The summed E-state index contributed by atoms with van der Waals surface area (Å²) in [5, 5.41) is 8.22. The maximum atomic E-state index is 8.22. The number of rotatable bonds is 6. The Bertz CT molecular complexity index is 171. The largest absolute Gasteiger partial charge is 0.238 e. The van der Waals surface area contributed by atoms with Crippen LogP contribution in [0.4, 0.5) is 0 Å². The first-order valence-electron chi connectivity index (χ1n) is 1.67. The van der Waals surface area contributed by atoms with Crippen LogP contribution in [0.15, 0.2) is 0 Å². The first kappa shape index (κ1) is 14.2. The third-order valence-electron chi connectivity index (χ3n) is 0.284. The minimum Gasteiger partial charge on any atom is -0.238 e. The van der Waals surface area contributed by atoms with Gasteiger partial charge in [-0.1, -0.05) is 0 Å². The van der Waals surface area contributed by atoms with Crippen molar-refractivity contribution in [3.05, 3.63) is 0 Å². The van der Waals surface area contributed by atoms with Gasteiger partial charge in [-0.2, -0.15) is 0 Å². The Labute approximate surface area is 105 Å². The van der Waals surface area contributed by atoms with E-state index >= 15 is 0 Å². The van der Waals surface area contributed by atoms with Crippen LogP contribution in [-0.4, -0.2) is 5.26 Å². The highest BCUT2D eigenvalue weighted by Gasteiger charge is 2.03. The normalized spacial score (nSPS) is 11.8. The second kappa shape index (κ2) is 8.49. The molecule has 0 amide bonds. The summed E-state index contributed by atoms with van der Waals surface area (Å²) in [5.41, 5.74) is 0. The molecule has 0 saturated heterocycles. The summed E-state index contributed by atoms with van der Waals surface area (Å²) in [7, 11) is 7.39. The van der Waals surface area contributed by atoms with E-state index < -0.39 is 6.46 Å². The first-order chi connectivity index (χ1) is 5.12. The van der Waals surface area contributed by atoms with E-state index in [1.165, 1.54) is 19.7 Å². The molecule has 0 rings (SSSR count). The fraction of sp³-hybridized carbons (Fsp3) is 0. The van der Waals surface area contributed by atoms with Crippen molar-refractivity contribution in [2.24, 2.45) is 0 Å². The summed E-state index contributed by atoms with van der Waals surface area (Å²) in [6.07, 6.45) is 0. The summed E-state index contributed by atoms with van der Waals surface area (Å²) in [4.78, 5) is 0. The van der Waals surface area contributed by atoms with Crippen LogP contribution in [-0.2, 0) is 33.2 Å². The molecule has 0 atom stereocenters. The van der Waals surface area contributed by atoms with Crippen molar-refractivity contribution in [3.63, 3.8) is 0 Å². The lowest BCUT2D eigenvalue weighted by Gasteiger charge is -2.00. The topological polar surface area (TPSA) is 29.5 Å². The SMILES string of the molecule is OOS(=S)(=S)SSSSSI. The van der Waals surface area contributed by atoms with Gasteiger partial charge in [-0.3, -0.25) is 0 Å². The van der Waals surface area contributed by atoms with E-state index in [9.17, 15) is 0 Å². The Morgan fingerprint density at radius 2 is 1.91 bits per heavy atom. The molecule has 68 valence electrons. The first-order valence-corrected chi connectivity index (χ1v) is 14.3. The molecule has 0 aliphatic carbocycles. The van der Waals surface area contributed by atoms with Crippen molar-refractivity contribution >= 4 is 97.3 Å². The molecule has 0 saturated carbocycles. The predicted octanol–water partition coefficient (Wildman–Crippen LogP) is 4.06. The molecule has 0 fully saturated rings. The van der Waals surface area contributed by atoms with Crippen LogP contribution in [0, 0.1) is 0 Å². The van der Waals surface area contributed by atoms with Gasteiger partial charge >= 0.3 is 0 Å². The second-order valence-electron chi connectivity index (χ2n) is 0.818. The smallest absolute Gasteiger partial charge is 0.115 e. The fourth-order valence-corrected chi connectivity index (χ4v) is 18.0. The Kier molecular flexibility index (Phi) is 11.0. The molecule has 0 spiro atoms. The molecule has 1 N–H and O–H groups in total. The van der Waals surface area contributed by atoms with Gasteiger partial charge < -0.3 is 0 Å². The fourth-order valence-electron chi connectivity index (χ4n) is 0.0796. The molecule has 0 aliphatic rings. The van der Waals surface area contributed by atoms with Gasteiger partial charge in [0, 0.05) is 40.9 Å². The third-order valence-corrected chi connectivity index (χ3v) is 17.5. The third kappa shape index (κ3) is 9.49. The van der Waals surface area contributed by atoms with Crippen LogP contribution < -0.4 is 0 Å². The highest BCUT2D eigenvalue weighted by atomic mass is 127. The number of hydrogen-bond donors (Lipinski definition) is 1. The van der Waals surface area contributed by atoms with Crippen molar-refractivity contribution in [1.82, 2.24) is 0 Å². The summed E-state index contributed by atoms with van der Waals surface area (Å²) < 4.78 is 3.94. The minimum atomic E-state index is -2.14. The lowest BCUT2D eigenvalue weighted by molar-refractivity contribution is -0.117. The maximum absolute atomic E-state index is 8.22. The van der Waals surface area contributed by atoms with E-state index in [2.05, 4.69) is 25.5 Å². The van der Waals surface area contributed by atoms with Crippen LogP contribution in [0.5, 0.6) is 0 Å². The molecule has 0 unspecified atom stereocenters. The maximum Gasteiger partial charge on any atom is 0.115 e. The van der Waals surface area contributed by atoms with E-state index in [1.54, 1.807) is 27.6 Å². The molecule has 2 nitrogen and oxygen atoms in total. The van der Waals surface area contributed by atoms with E-state index in [0.29, 0.717) is 0 Å². The van der Waals surface area contributed by atoms with Gasteiger partial charge in [0.05, 0.1) is 0 Å². The van der Waals surface area contributed by atoms with Gasteiger partial charge in [-0.15, -0.1) is 4.33 Å². The van der Waals surface area contributed by atoms with Crippen LogP contribution in [0.2, 0.25) is 0 Å². The predicted molar refractivity (Wildman–Crippen MR) is 77.8 cm³/mol. The van der Waals surface area contributed by atoms with Crippen LogP contribution in [0.1, 0.15) is 0 Å². The second-order valence-corrected chi connectivity index (χ2v) is 18.7. The highest BCUT2D eigenvalue weighted by Crippen LogP contribution is 2.52. The molecule has 0 aromatic heterocycles. The summed E-state index contributed by atoms with van der Waals surface area (Å²) >= 11 is 11.6. The minimum absolute atomic E-state index is 1.20. The zero-order valence-electron chi connectivity index (χ0n) is 4.50. The molecule has 11 heteroatoms. The average Bonchev–Trinajstić information content (AvgIpc) is 1.99. The highest BCUT2D eigenvalue weighted by molar-refractivity contribution is 14.2. The summed E-state index contributed by atoms with van der Waals surface area (Å²) in [6, 6.07) is 0. The van der Waals surface area contributed by atoms with E-state index in [1.807, 2.05) is 0 Å². The molecule has 0 aliphatic heterocycles. The van der Waals surface area contributed by atoms with Gasteiger partial charge in [-0.05, 0) is 50.0 Å².